The molecule has 0 bridgehead atoms. The van der Waals surface area contributed by atoms with Crippen molar-refractivity contribution in [1.82, 2.24) is 15.3 Å². The molecule has 0 radical (unpaired) electrons. The minimum Gasteiger partial charge on any atom is -0.465 e. The van der Waals surface area contributed by atoms with E-state index in [4.69, 9.17) is 5.11 Å². The molecule has 0 fully saturated rings. The maximum Gasteiger partial charge on any atom is 0.405 e. The zero-order valence-electron chi connectivity index (χ0n) is 7.61. The van der Waals surface area contributed by atoms with E-state index in [1.165, 1.54) is 0 Å². The first-order chi connectivity index (χ1) is 6.11. The second-order valence-electron chi connectivity index (χ2n) is 3.15. The van der Waals surface area contributed by atoms with Gasteiger partial charge in [-0.25, -0.2) is 9.78 Å². The third-order valence-electron chi connectivity index (χ3n) is 1.76. The average Bonchev–Trinajstić information content (AvgIpc) is 2.50. The minimum absolute atomic E-state index is 0.169. The summed E-state index contributed by atoms with van der Waals surface area (Å²) < 4.78 is 0. The van der Waals surface area contributed by atoms with E-state index < -0.39 is 6.09 Å². The lowest BCUT2D eigenvalue weighted by Gasteiger charge is -2.17. The third-order valence-corrected chi connectivity index (χ3v) is 1.76. The Balaban J connectivity index is 2.74. The van der Waals surface area contributed by atoms with E-state index in [-0.39, 0.29) is 12.0 Å². The predicted octanol–water partition coefficient (Wildman–Crippen LogP) is 1.37. The van der Waals surface area contributed by atoms with Gasteiger partial charge in [0.25, 0.3) is 0 Å². The molecule has 3 N–H and O–H groups in total. The quantitative estimate of drug-likeness (QED) is 0.662. The van der Waals surface area contributed by atoms with Gasteiger partial charge in [0, 0.05) is 12.4 Å². The summed E-state index contributed by atoms with van der Waals surface area (Å²) in [5, 5.41) is 11.0. The van der Waals surface area contributed by atoms with E-state index in [1.807, 2.05) is 13.8 Å². The number of amides is 1. The Bertz CT molecular complexity index is 269. The van der Waals surface area contributed by atoms with Gasteiger partial charge in [0.15, 0.2) is 0 Å². The summed E-state index contributed by atoms with van der Waals surface area (Å²) in [7, 11) is 0. The van der Waals surface area contributed by atoms with Gasteiger partial charge in [0.1, 0.15) is 5.82 Å². The lowest BCUT2D eigenvalue weighted by Crippen LogP contribution is -2.31. The molecule has 1 unspecified atom stereocenters. The number of H-pyrrole nitrogens is 1. The Morgan fingerprint density at radius 3 is 2.77 bits per heavy atom. The molecule has 0 saturated carbocycles. The highest BCUT2D eigenvalue weighted by atomic mass is 16.4. The summed E-state index contributed by atoms with van der Waals surface area (Å²) in [4.78, 5) is 17.4. The van der Waals surface area contributed by atoms with E-state index in [9.17, 15) is 4.79 Å². The van der Waals surface area contributed by atoms with Crippen molar-refractivity contribution in [2.45, 2.75) is 19.9 Å². The number of rotatable bonds is 3. The van der Waals surface area contributed by atoms with Crippen LogP contribution in [0.5, 0.6) is 0 Å². The van der Waals surface area contributed by atoms with Crippen LogP contribution in [-0.4, -0.2) is 21.2 Å². The van der Waals surface area contributed by atoms with E-state index in [0.29, 0.717) is 5.82 Å². The van der Waals surface area contributed by atoms with Crippen molar-refractivity contribution in [3.63, 3.8) is 0 Å². The van der Waals surface area contributed by atoms with Crippen LogP contribution in [0.25, 0.3) is 0 Å². The molecule has 1 amide bonds. The highest BCUT2D eigenvalue weighted by Gasteiger charge is 2.19. The zero-order valence-corrected chi connectivity index (χ0v) is 7.61. The number of hydrogen-bond acceptors (Lipinski definition) is 2. The fourth-order valence-electron chi connectivity index (χ4n) is 1.13. The standard InChI is InChI=1S/C8H13N3O2/c1-5(2)6(11-8(12)13)7-9-3-4-10-7/h3-6,11H,1-2H3,(H,9,10)(H,12,13). The van der Waals surface area contributed by atoms with E-state index in [1.54, 1.807) is 12.4 Å². The molecule has 0 aliphatic heterocycles. The highest BCUT2D eigenvalue weighted by molar-refractivity contribution is 5.65. The summed E-state index contributed by atoms with van der Waals surface area (Å²) in [5.74, 6) is 0.819. The molecule has 5 nitrogen and oxygen atoms in total. The summed E-state index contributed by atoms with van der Waals surface area (Å²) in [5.41, 5.74) is 0. The maximum atomic E-state index is 10.5. The molecule has 1 atom stereocenters. The van der Waals surface area contributed by atoms with Gasteiger partial charge in [-0.1, -0.05) is 13.8 Å². The molecule has 72 valence electrons. The fraction of sp³-hybridized carbons (Fsp3) is 0.500. The van der Waals surface area contributed by atoms with Crippen LogP contribution < -0.4 is 5.32 Å². The van der Waals surface area contributed by atoms with E-state index >= 15 is 0 Å². The first kappa shape index (κ1) is 9.57. The molecule has 13 heavy (non-hydrogen) atoms. The molecule has 0 saturated heterocycles. The average molecular weight is 183 g/mol. The first-order valence-electron chi connectivity index (χ1n) is 4.10. The fourth-order valence-corrected chi connectivity index (χ4v) is 1.13. The Morgan fingerprint density at radius 2 is 2.38 bits per heavy atom. The van der Waals surface area contributed by atoms with Crippen LogP contribution in [0, 0.1) is 5.92 Å². The first-order valence-corrected chi connectivity index (χ1v) is 4.10. The Labute approximate surface area is 76.2 Å². The summed E-state index contributed by atoms with van der Waals surface area (Å²) >= 11 is 0. The van der Waals surface area contributed by atoms with Crippen LogP contribution in [0.15, 0.2) is 12.4 Å². The highest BCUT2D eigenvalue weighted by Crippen LogP contribution is 2.17. The molecule has 0 aromatic carbocycles. The van der Waals surface area contributed by atoms with Crippen molar-refractivity contribution >= 4 is 6.09 Å². The second kappa shape index (κ2) is 3.93. The number of carboxylic acid groups (broad SMARTS) is 1. The molecule has 0 spiro atoms. The monoisotopic (exact) mass is 183 g/mol. The third kappa shape index (κ3) is 2.47. The van der Waals surface area contributed by atoms with Crippen molar-refractivity contribution in [1.29, 1.82) is 0 Å². The van der Waals surface area contributed by atoms with Crippen molar-refractivity contribution in [2.75, 3.05) is 0 Å². The lowest BCUT2D eigenvalue weighted by molar-refractivity contribution is 0.185. The molecular formula is C8H13N3O2. The van der Waals surface area contributed by atoms with Crippen LogP contribution in [-0.2, 0) is 0 Å². The van der Waals surface area contributed by atoms with Gasteiger partial charge in [-0.15, -0.1) is 0 Å². The van der Waals surface area contributed by atoms with Gasteiger partial charge in [0.05, 0.1) is 6.04 Å². The van der Waals surface area contributed by atoms with Gasteiger partial charge in [0.2, 0.25) is 0 Å². The van der Waals surface area contributed by atoms with E-state index in [0.717, 1.165) is 0 Å². The van der Waals surface area contributed by atoms with Crippen LogP contribution in [0.4, 0.5) is 4.79 Å². The van der Waals surface area contributed by atoms with Crippen molar-refractivity contribution in [2.24, 2.45) is 5.92 Å². The molecule has 1 aromatic heterocycles. The molecule has 1 heterocycles. The smallest absolute Gasteiger partial charge is 0.405 e. The maximum absolute atomic E-state index is 10.5. The van der Waals surface area contributed by atoms with Crippen LogP contribution in [0.1, 0.15) is 25.7 Å². The predicted molar refractivity (Wildman–Crippen MR) is 47.3 cm³/mol. The number of carbonyl (C=O) groups is 1. The summed E-state index contributed by atoms with van der Waals surface area (Å²) in [6, 6.07) is -0.271. The summed E-state index contributed by atoms with van der Waals surface area (Å²) in [6.07, 6.45) is 2.25. The number of nitrogens with one attached hydrogen (secondary N) is 2. The van der Waals surface area contributed by atoms with Crippen LogP contribution >= 0.6 is 0 Å². The van der Waals surface area contributed by atoms with Gasteiger partial charge in [-0.3, -0.25) is 0 Å². The van der Waals surface area contributed by atoms with Crippen LogP contribution in [0.3, 0.4) is 0 Å². The normalized spacial score (nSPS) is 12.8. The Hall–Kier alpha value is -1.52. The summed E-state index contributed by atoms with van der Waals surface area (Å²) in [6.45, 7) is 3.87. The molecule has 1 rings (SSSR count). The number of aromatic nitrogens is 2. The van der Waals surface area contributed by atoms with Gasteiger partial charge >= 0.3 is 6.09 Å². The van der Waals surface area contributed by atoms with Gasteiger partial charge < -0.3 is 15.4 Å². The number of imidazole rings is 1. The number of aromatic amines is 1. The largest absolute Gasteiger partial charge is 0.465 e. The molecule has 5 heteroatoms. The number of nitrogens with zero attached hydrogens (tertiary/aromatic N) is 1. The molecule has 0 aliphatic carbocycles. The SMILES string of the molecule is CC(C)C(NC(=O)O)c1ncc[nH]1. The molecule has 1 aromatic rings. The van der Waals surface area contributed by atoms with E-state index in [2.05, 4.69) is 15.3 Å². The van der Waals surface area contributed by atoms with Crippen molar-refractivity contribution < 1.29 is 9.90 Å². The Morgan fingerprint density at radius 1 is 1.69 bits per heavy atom. The zero-order chi connectivity index (χ0) is 9.84. The number of hydrogen-bond donors (Lipinski definition) is 3. The molecular weight excluding hydrogens is 170 g/mol. The second-order valence-corrected chi connectivity index (χ2v) is 3.15. The van der Waals surface area contributed by atoms with Gasteiger partial charge in [-0.2, -0.15) is 0 Å². The van der Waals surface area contributed by atoms with Gasteiger partial charge in [-0.05, 0) is 5.92 Å². The molecule has 0 aliphatic rings. The van der Waals surface area contributed by atoms with Crippen molar-refractivity contribution in [3.8, 4) is 0 Å². The Kier molecular flexibility index (Phi) is 2.89. The topological polar surface area (TPSA) is 78.0 Å². The van der Waals surface area contributed by atoms with Crippen LogP contribution in [0.2, 0.25) is 0 Å². The minimum atomic E-state index is -1.03. The lowest BCUT2D eigenvalue weighted by atomic mass is 10.0. The van der Waals surface area contributed by atoms with Crippen molar-refractivity contribution in [3.05, 3.63) is 18.2 Å².